The maximum absolute atomic E-state index is 11.1. The maximum atomic E-state index is 11.1. The SMILES string of the molecule is NC(=O)c1ccc(N2CCN(Cc3cccc(Cl)c3)CC2)cc1. The van der Waals surface area contributed by atoms with Gasteiger partial charge in [-0.2, -0.15) is 0 Å². The topological polar surface area (TPSA) is 49.6 Å². The van der Waals surface area contributed by atoms with E-state index in [1.807, 2.05) is 30.3 Å². The van der Waals surface area contributed by atoms with Gasteiger partial charge in [0.2, 0.25) is 5.91 Å². The number of piperazine rings is 1. The third-order valence-corrected chi connectivity index (χ3v) is 4.42. The van der Waals surface area contributed by atoms with Crippen LogP contribution in [-0.4, -0.2) is 37.0 Å². The van der Waals surface area contributed by atoms with Gasteiger partial charge in [0.05, 0.1) is 0 Å². The molecule has 23 heavy (non-hydrogen) atoms. The Hall–Kier alpha value is -2.04. The highest BCUT2D eigenvalue weighted by Crippen LogP contribution is 2.19. The average molecular weight is 330 g/mol. The van der Waals surface area contributed by atoms with Crippen molar-refractivity contribution in [3.63, 3.8) is 0 Å². The highest BCUT2D eigenvalue weighted by atomic mass is 35.5. The molecule has 0 saturated carbocycles. The first kappa shape index (κ1) is 15.8. The molecule has 2 N–H and O–H groups in total. The van der Waals surface area contributed by atoms with Gasteiger partial charge in [0.25, 0.3) is 0 Å². The number of halogens is 1. The number of hydrogen-bond acceptors (Lipinski definition) is 3. The van der Waals surface area contributed by atoms with Crippen LogP contribution in [0.1, 0.15) is 15.9 Å². The molecule has 3 rings (SSSR count). The van der Waals surface area contributed by atoms with Gasteiger partial charge in [-0.05, 0) is 42.0 Å². The molecule has 2 aromatic rings. The van der Waals surface area contributed by atoms with Gasteiger partial charge in [0, 0.05) is 49.0 Å². The Bertz CT molecular complexity index is 679. The zero-order valence-corrected chi connectivity index (χ0v) is 13.7. The van der Waals surface area contributed by atoms with Gasteiger partial charge >= 0.3 is 0 Å². The Kier molecular flexibility index (Phi) is 4.84. The number of anilines is 1. The monoisotopic (exact) mass is 329 g/mol. The van der Waals surface area contributed by atoms with E-state index in [2.05, 4.69) is 15.9 Å². The molecule has 0 radical (unpaired) electrons. The second-order valence-corrected chi connectivity index (χ2v) is 6.24. The number of primary amides is 1. The number of amides is 1. The summed E-state index contributed by atoms with van der Waals surface area (Å²) in [4.78, 5) is 15.9. The lowest BCUT2D eigenvalue weighted by Gasteiger charge is -2.36. The maximum Gasteiger partial charge on any atom is 0.248 e. The molecular weight excluding hydrogens is 310 g/mol. The van der Waals surface area contributed by atoms with Gasteiger partial charge < -0.3 is 10.6 Å². The van der Waals surface area contributed by atoms with Crippen molar-refractivity contribution in [3.8, 4) is 0 Å². The number of nitrogens with zero attached hydrogens (tertiary/aromatic N) is 2. The summed E-state index contributed by atoms with van der Waals surface area (Å²) in [6.07, 6.45) is 0. The van der Waals surface area contributed by atoms with Gasteiger partial charge in [-0.25, -0.2) is 0 Å². The first-order valence-corrected chi connectivity index (χ1v) is 8.11. The van der Waals surface area contributed by atoms with E-state index < -0.39 is 0 Å². The van der Waals surface area contributed by atoms with Gasteiger partial charge in [-0.1, -0.05) is 23.7 Å². The first-order chi connectivity index (χ1) is 11.1. The third kappa shape index (κ3) is 4.03. The molecular formula is C18H20ClN3O. The number of nitrogens with two attached hydrogens (primary N) is 1. The Morgan fingerprint density at radius 3 is 2.35 bits per heavy atom. The van der Waals surface area contributed by atoms with Crippen LogP contribution in [0.25, 0.3) is 0 Å². The fourth-order valence-electron chi connectivity index (χ4n) is 2.89. The smallest absolute Gasteiger partial charge is 0.248 e. The van der Waals surface area contributed by atoms with E-state index >= 15 is 0 Å². The molecule has 1 heterocycles. The normalized spacial score (nSPS) is 15.6. The number of hydrogen-bond donors (Lipinski definition) is 1. The summed E-state index contributed by atoms with van der Waals surface area (Å²) in [6, 6.07) is 15.5. The summed E-state index contributed by atoms with van der Waals surface area (Å²) in [6.45, 7) is 4.87. The molecule has 0 unspecified atom stereocenters. The Balaban J connectivity index is 1.56. The summed E-state index contributed by atoms with van der Waals surface area (Å²) in [5.41, 5.74) is 8.21. The van der Waals surface area contributed by atoms with Crippen LogP contribution < -0.4 is 10.6 Å². The van der Waals surface area contributed by atoms with Gasteiger partial charge in [0.15, 0.2) is 0 Å². The average Bonchev–Trinajstić information content (AvgIpc) is 2.56. The van der Waals surface area contributed by atoms with Crippen LogP contribution in [-0.2, 0) is 6.54 Å². The summed E-state index contributed by atoms with van der Waals surface area (Å²) in [5.74, 6) is -0.386. The van der Waals surface area contributed by atoms with E-state index in [4.69, 9.17) is 17.3 Å². The van der Waals surface area contributed by atoms with Crippen LogP contribution in [0.2, 0.25) is 5.02 Å². The molecule has 0 aromatic heterocycles. The third-order valence-electron chi connectivity index (χ3n) is 4.18. The molecule has 0 atom stereocenters. The Labute approximate surface area is 141 Å². The summed E-state index contributed by atoms with van der Waals surface area (Å²) < 4.78 is 0. The molecule has 5 heteroatoms. The van der Waals surface area contributed by atoms with Crippen molar-refractivity contribution >= 4 is 23.2 Å². The molecule has 0 bridgehead atoms. The molecule has 1 aliphatic heterocycles. The second kappa shape index (κ2) is 7.02. The quantitative estimate of drug-likeness (QED) is 0.938. The summed E-state index contributed by atoms with van der Waals surface area (Å²) >= 11 is 6.04. The van der Waals surface area contributed by atoms with Crippen LogP contribution in [0.15, 0.2) is 48.5 Å². The number of benzene rings is 2. The number of carbonyl (C=O) groups excluding carboxylic acids is 1. The lowest BCUT2D eigenvalue weighted by Crippen LogP contribution is -2.45. The van der Waals surface area contributed by atoms with E-state index in [1.165, 1.54) is 5.56 Å². The highest BCUT2D eigenvalue weighted by Gasteiger charge is 2.17. The standard InChI is InChI=1S/C18H20ClN3O/c19-16-3-1-2-14(12-16)13-21-8-10-22(11-9-21)17-6-4-15(5-7-17)18(20)23/h1-7,12H,8-11,13H2,(H2,20,23). The van der Waals surface area contributed by atoms with Crippen LogP contribution in [0.3, 0.4) is 0 Å². The molecule has 1 aliphatic rings. The zero-order chi connectivity index (χ0) is 16.2. The van der Waals surface area contributed by atoms with Crippen molar-refractivity contribution < 1.29 is 4.79 Å². The van der Waals surface area contributed by atoms with Crippen molar-refractivity contribution in [1.82, 2.24) is 4.90 Å². The van der Waals surface area contributed by atoms with Crippen molar-refractivity contribution in [2.45, 2.75) is 6.54 Å². The molecule has 4 nitrogen and oxygen atoms in total. The largest absolute Gasteiger partial charge is 0.369 e. The Morgan fingerprint density at radius 1 is 1.04 bits per heavy atom. The minimum atomic E-state index is -0.386. The minimum absolute atomic E-state index is 0.386. The van der Waals surface area contributed by atoms with Crippen molar-refractivity contribution in [1.29, 1.82) is 0 Å². The molecule has 1 saturated heterocycles. The first-order valence-electron chi connectivity index (χ1n) is 7.73. The molecule has 120 valence electrons. The predicted octanol–water partition coefficient (Wildman–Crippen LogP) is 2.76. The second-order valence-electron chi connectivity index (χ2n) is 5.80. The molecule has 0 aliphatic carbocycles. The van der Waals surface area contributed by atoms with Crippen molar-refractivity contribution in [3.05, 3.63) is 64.7 Å². The number of rotatable bonds is 4. The van der Waals surface area contributed by atoms with Crippen LogP contribution in [0.4, 0.5) is 5.69 Å². The van der Waals surface area contributed by atoms with Crippen LogP contribution >= 0.6 is 11.6 Å². The lowest BCUT2D eigenvalue weighted by molar-refractivity contribution is 0.100. The fraction of sp³-hybridized carbons (Fsp3) is 0.278. The molecule has 0 spiro atoms. The van der Waals surface area contributed by atoms with E-state index in [9.17, 15) is 4.79 Å². The van der Waals surface area contributed by atoms with Crippen molar-refractivity contribution in [2.24, 2.45) is 5.73 Å². The van der Waals surface area contributed by atoms with Crippen molar-refractivity contribution in [2.75, 3.05) is 31.1 Å². The van der Waals surface area contributed by atoms with Crippen LogP contribution in [0.5, 0.6) is 0 Å². The van der Waals surface area contributed by atoms with Gasteiger partial charge in [-0.3, -0.25) is 9.69 Å². The van der Waals surface area contributed by atoms with Gasteiger partial charge in [0.1, 0.15) is 0 Å². The summed E-state index contributed by atoms with van der Waals surface area (Å²) in [5, 5.41) is 0.788. The summed E-state index contributed by atoms with van der Waals surface area (Å²) in [7, 11) is 0. The van der Waals surface area contributed by atoms with E-state index in [1.54, 1.807) is 12.1 Å². The van der Waals surface area contributed by atoms with Gasteiger partial charge in [-0.15, -0.1) is 0 Å². The van der Waals surface area contributed by atoms with Crippen LogP contribution in [0, 0.1) is 0 Å². The fourth-order valence-corrected chi connectivity index (χ4v) is 3.11. The number of carbonyl (C=O) groups is 1. The van der Waals surface area contributed by atoms with E-state index in [-0.39, 0.29) is 5.91 Å². The van der Waals surface area contributed by atoms with E-state index in [0.717, 1.165) is 43.4 Å². The van der Waals surface area contributed by atoms with E-state index in [0.29, 0.717) is 5.56 Å². The molecule has 1 fully saturated rings. The lowest BCUT2D eigenvalue weighted by atomic mass is 10.1. The highest BCUT2D eigenvalue weighted by molar-refractivity contribution is 6.30. The zero-order valence-electron chi connectivity index (χ0n) is 12.9. The minimum Gasteiger partial charge on any atom is -0.369 e. The molecule has 2 aromatic carbocycles. The predicted molar refractivity (Wildman–Crippen MR) is 93.9 cm³/mol. The molecule has 1 amide bonds. The Morgan fingerprint density at radius 2 is 1.74 bits per heavy atom.